The van der Waals surface area contributed by atoms with Crippen molar-refractivity contribution in [3.63, 3.8) is 0 Å². The molecule has 118 valence electrons. The number of carbonyl (C=O) groups excluding carboxylic acids is 1. The normalized spacial score (nSPS) is 15.3. The van der Waals surface area contributed by atoms with Crippen LogP contribution in [-0.2, 0) is 4.79 Å². The van der Waals surface area contributed by atoms with Crippen LogP contribution in [-0.4, -0.2) is 62.4 Å². The molecule has 0 radical (unpaired) electrons. The van der Waals surface area contributed by atoms with Gasteiger partial charge in [-0.2, -0.15) is 0 Å². The van der Waals surface area contributed by atoms with Gasteiger partial charge in [0.1, 0.15) is 0 Å². The van der Waals surface area contributed by atoms with E-state index in [1.807, 2.05) is 6.07 Å². The standard InChI is InChI=1S/C17H24N4O/c1-18-17(19-13-16(22)20(2)3)21-11-9-15(10-12-21)14-7-5-4-6-8-14/h4-9H,10-13H2,1-3H3,(H,18,19). The molecule has 5 heteroatoms. The second-order valence-electron chi connectivity index (χ2n) is 5.48. The number of hydrogen-bond donors (Lipinski definition) is 1. The molecule has 0 bridgehead atoms. The van der Waals surface area contributed by atoms with Crippen molar-refractivity contribution in [1.82, 2.24) is 15.1 Å². The van der Waals surface area contributed by atoms with Crippen LogP contribution >= 0.6 is 0 Å². The Balaban J connectivity index is 1.94. The summed E-state index contributed by atoms with van der Waals surface area (Å²) in [5.74, 6) is 0.817. The Morgan fingerprint density at radius 1 is 1.32 bits per heavy atom. The van der Waals surface area contributed by atoms with Crippen LogP contribution in [0.25, 0.3) is 5.57 Å². The highest BCUT2D eigenvalue weighted by Gasteiger charge is 2.16. The van der Waals surface area contributed by atoms with E-state index < -0.39 is 0 Å². The lowest BCUT2D eigenvalue weighted by Crippen LogP contribution is -2.46. The van der Waals surface area contributed by atoms with Gasteiger partial charge in [-0.25, -0.2) is 0 Å². The number of nitrogens with one attached hydrogen (secondary N) is 1. The van der Waals surface area contributed by atoms with Gasteiger partial charge in [-0.15, -0.1) is 0 Å². The molecule has 1 heterocycles. The maximum Gasteiger partial charge on any atom is 0.241 e. The minimum Gasteiger partial charge on any atom is -0.347 e. The maximum absolute atomic E-state index is 11.7. The molecule has 2 rings (SSSR count). The average molecular weight is 300 g/mol. The van der Waals surface area contributed by atoms with E-state index in [-0.39, 0.29) is 12.5 Å². The molecule has 1 aliphatic rings. The van der Waals surface area contributed by atoms with Gasteiger partial charge in [0.15, 0.2) is 5.96 Å². The van der Waals surface area contributed by atoms with E-state index in [1.165, 1.54) is 11.1 Å². The van der Waals surface area contributed by atoms with Crippen molar-refractivity contribution < 1.29 is 4.79 Å². The fourth-order valence-electron chi connectivity index (χ4n) is 2.42. The van der Waals surface area contributed by atoms with Crippen LogP contribution in [0.2, 0.25) is 0 Å². The molecular weight excluding hydrogens is 276 g/mol. The molecule has 1 aromatic rings. The monoisotopic (exact) mass is 300 g/mol. The number of hydrogen-bond acceptors (Lipinski definition) is 2. The summed E-state index contributed by atoms with van der Waals surface area (Å²) in [6.07, 6.45) is 3.21. The van der Waals surface area contributed by atoms with Gasteiger partial charge < -0.3 is 15.1 Å². The lowest BCUT2D eigenvalue weighted by molar-refractivity contribution is -0.127. The minimum atomic E-state index is 0.0404. The van der Waals surface area contributed by atoms with Crippen LogP contribution in [0.3, 0.4) is 0 Å². The Bertz CT molecular complexity index is 563. The Hall–Kier alpha value is -2.30. The lowest BCUT2D eigenvalue weighted by atomic mass is 10.00. The average Bonchev–Trinajstić information content (AvgIpc) is 2.56. The van der Waals surface area contributed by atoms with Crippen molar-refractivity contribution in [2.45, 2.75) is 6.42 Å². The first kappa shape index (κ1) is 16.1. The van der Waals surface area contributed by atoms with Gasteiger partial charge in [-0.3, -0.25) is 9.79 Å². The second kappa shape index (κ2) is 7.64. The Morgan fingerprint density at radius 2 is 2.05 bits per heavy atom. The zero-order valence-corrected chi connectivity index (χ0v) is 13.5. The smallest absolute Gasteiger partial charge is 0.241 e. The summed E-state index contributed by atoms with van der Waals surface area (Å²) >= 11 is 0. The number of benzene rings is 1. The van der Waals surface area contributed by atoms with Crippen molar-refractivity contribution in [3.05, 3.63) is 42.0 Å². The zero-order chi connectivity index (χ0) is 15.9. The molecule has 0 fully saturated rings. The number of guanidine groups is 1. The molecule has 0 saturated heterocycles. The lowest BCUT2D eigenvalue weighted by Gasteiger charge is -2.30. The highest BCUT2D eigenvalue weighted by molar-refractivity contribution is 5.87. The number of nitrogens with zero attached hydrogens (tertiary/aromatic N) is 3. The Kier molecular flexibility index (Phi) is 5.58. The van der Waals surface area contributed by atoms with Crippen molar-refractivity contribution in [2.75, 3.05) is 40.8 Å². The maximum atomic E-state index is 11.7. The zero-order valence-electron chi connectivity index (χ0n) is 13.5. The van der Waals surface area contributed by atoms with Crippen LogP contribution in [0.15, 0.2) is 41.4 Å². The van der Waals surface area contributed by atoms with Crippen molar-refractivity contribution >= 4 is 17.4 Å². The summed E-state index contributed by atoms with van der Waals surface area (Å²) in [6, 6.07) is 10.5. The predicted molar refractivity (Wildman–Crippen MR) is 90.7 cm³/mol. The SMILES string of the molecule is CN=C(NCC(=O)N(C)C)N1CC=C(c2ccccc2)CC1. The molecular formula is C17H24N4O. The third-order valence-electron chi connectivity index (χ3n) is 3.76. The summed E-state index contributed by atoms with van der Waals surface area (Å²) in [6.45, 7) is 1.97. The van der Waals surface area contributed by atoms with Crippen LogP contribution in [0.1, 0.15) is 12.0 Å². The number of amides is 1. The van der Waals surface area contributed by atoms with Gasteiger partial charge in [0.25, 0.3) is 0 Å². The van der Waals surface area contributed by atoms with Crippen molar-refractivity contribution in [1.29, 1.82) is 0 Å². The number of rotatable bonds is 3. The fraction of sp³-hybridized carbons (Fsp3) is 0.412. The van der Waals surface area contributed by atoms with Crippen LogP contribution < -0.4 is 5.32 Å². The summed E-state index contributed by atoms with van der Waals surface area (Å²) < 4.78 is 0. The van der Waals surface area contributed by atoms with Gasteiger partial charge in [0.2, 0.25) is 5.91 Å². The minimum absolute atomic E-state index is 0.0404. The molecule has 0 unspecified atom stereocenters. The molecule has 0 saturated carbocycles. The first-order valence-corrected chi connectivity index (χ1v) is 7.52. The quantitative estimate of drug-likeness (QED) is 0.679. The third-order valence-corrected chi connectivity index (χ3v) is 3.76. The summed E-state index contributed by atoms with van der Waals surface area (Å²) in [7, 11) is 5.25. The molecule has 5 nitrogen and oxygen atoms in total. The van der Waals surface area contributed by atoms with E-state index in [0.29, 0.717) is 0 Å². The highest BCUT2D eigenvalue weighted by Crippen LogP contribution is 2.21. The first-order chi connectivity index (χ1) is 10.6. The number of carbonyl (C=O) groups is 1. The molecule has 0 spiro atoms. The van der Waals surface area contributed by atoms with Gasteiger partial charge in [0, 0.05) is 34.2 Å². The van der Waals surface area contributed by atoms with E-state index >= 15 is 0 Å². The largest absolute Gasteiger partial charge is 0.347 e. The van der Waals surface area contributed by atoms with E-state index in [4.69, 9.17) is 0 Å². The van der Waals surface area contributed by atoms with Crippen molar-refractivity contribution in [2.24, 2.45) is 4.99 Å². The topological polar surface area (TPSA) is 47.9 Å². The Morgan fingerprint density at radius 3 is 2.59 bits per heavy atom. The molecule has 1 N–H and O–H groups in total. The highest BCUT2D eigenvalue weighted by atomic mass is 16.2. The molecule has 0 aliphatic carbocycles. The van der Waals surface area contributed by atoms with Gasteiger partial charge in [-0.1, -0.05) is 36.4 Å². The molecule has 1 aromatic carbocycles. The van der Waals surface area contributed by atoms with E-state index in [9.17, 15) is 4.79 Å². The second-order valence-corrected chi connectivity index (χ2v) is 5.48. The summed E-state index contributed by atoms with van der Waals surface area (Å²) in [4.78, 5) is 19.7. The molecule has 22 heavy (non-hydrogen) atoms. The summed E-state index contributed by atoms with van der Waals surface area (Å²) in [5, 5.41) is 3.13. The predicted octanol–water partition coefficient (Wildman–Crippen LogP) is 1.44. The number of aliphatic imine (C=N–C) groups is 1. The molecule has 0 atom stereocenters. The third kappa shape index (κ3) is 4.10. The summed E-state index contributed by atoms with van der Waals surface area (Å²) in [5.41, 5.74) is 2.66. The fourth-order valence-corrected chi connectivity index (χ4v) is 2.42. The van der Waals surface area contributed by atoms with E-state index in [1.54, 1.807) is 26.0 Å². The van der Waals surface area contributed by atoms with Crippen molar-refractivity contribution in [3.8, 4) is 0 Å². The number of likely N-dealkylation sites (N-methyl/N-ethyl adjacent to an activating group) is 1. The van der Waals surface area contributed by atoms with Gasteiger partial charge in [-0.05, 0) is 17.6 Å². The van der Waals surface area contributed by atoms with Crippen LogP contribution in [0.4, 0.5) is 0 Å². The van der Waals surface area contributed by atoms with E-state index in [0.717, 1.165) is 25.5 Å². The van der Waals surface area contributed by atoms with Crippen LogP contribution in [0, 0.1) is 0 Å². The van der Waals surface area contributed by atoms with Gasteiger partial charge in [0.05, 0.1) is 6.54 Å². The first-order valence-electron chi connectivity index (χ1n) is 7.52. The molecule has 1 aliphatic heterocycles. The Labute approximate surface area is 132 Å². The molecule has 1 amide bonds. The molecule has 0 aromatic heterocycles. The van der Waals surface area contributed by atoms with Gasteiger partial charge >= 0.3 is 0 Å². The van der Waals surface area contributed by atoms with Crippen LogP contribution in [0.5, 0.6) is 0 Å². The van der Waals surface area contributed by atoms with E-state index in [2.05, 4.69) is 45.6 Å².